The second-order valence-corrected chi connectivity index (χ2v) is 6.06. The van der Waals surface area contributed by atoms with Crippen molar-refractivity contribution in [2.24, 2.45) is 5.92 Å². The zero-order valence-electron chi connectivity index (χ0n) is 7.86. The van der Waals surface area contributed by atoms with E-state index in [0.717, 1.165) is 12.0 Å². The molecule has 0 unspecified atom stereocenters. The first-order chi connectivity index (χ1) is 5.41. The Hall–Kier alpha value is -0.110. The molecule has 0 aliphatic heterocycles. The van der Waals surface area contributed by atoms with Gasteiger partial charge in [-0.05, 0) is 38.7 Å². The quantitative estimate of drug-likeness (QED) is 0.634. The largest absolute Gasteiger partial charge is 0.295 e. The normalized spacial score (nSPS) is 25.5. The van der Waals surface area contributed by atoms with E-state index in [-0.39, 0.29) is 4.32 Å². The number of carbonyl (C=O) groups excluding carboxylic acids is 1. The summed E-state index contributed by atoms with van der Waals surface area (Å²) in [5, 5.41) is 0. The Morgan fingerprint density at radius 2 is 2.17 bits per heavy atom. The van der Waals surface area contributed by atoms with Crippen LogP contribution in [-0.2, 0) is 4.79 Å². The van der Waals surface area contributed by atoms with Gasteiger partial charge in [-0.3, -0.25) is 4.79 Å². The Morgan fingerprint density at radius 3 is 2.58 bits per heavy atom. The van der Waals surface area contributed by atoms with Gasteiger partial charge in [-0.25, -0.2) is 0 Å². The van der Waals surface area contributed by atoms with Gasteiger partial charge in [-0.15, -0.1) is 0 Å². The van der Waals surface area contributed by atoms with Crippen LogP contribution in [0.3, 0.4) is 0 Å². The topological polar surface area (TPSA) is 17.1 Å². The maximum Gasteiger partial charge on any atom is 0.158 e. The van der Waals surface area contributed by atoms with E-state index in [2.05, 4.69) is 35.9 Å². The molecule has 0 heterocycles. The van der Waals surface area contributed by atoms with Crippen molar-refractivity contribution in [2.45, 2.75) is 37.9 Å². The third-order valence-electron chi connectivity index (χ3n) is 2.55. The number of hydrogen-bond donors (Lipinski definition) is 0. The Morgan fingerprint density at radius 1 is 1.58 bits per heavy atom. The predicted octanol–water partition coefficient (Wildman–Crippen LogP) is 3.09. The van der Waals surface area contributed by atoms with Crippen molar-refractivity contribution in [1.82, 2.24) is 0 Å². The summed E-state index contributed by atoms with van der Waals surface area (Å²) in [6.45, 7) is 6.15. The van der Waals surface area contributed by atoms with Crippen molar-refractivity contribution in [3.63, 3.8) is 0 Å². The van der Waals surface area contributed by atoms with Crippen molar-refractivity contribution in [3.8, 4) is 0 Å². The van der Waals surface area contributed by atoms with E-state index in [9.17, 15) is 4.79 Å². The van der Waals surface area contributed by atoms with Crippen LogP contribution in [-0.4, -0.2) is 10.1 Å². The molecule has 0 aromatic carbocycles. The standard InChI is InChI=1S/C10H15BrO/c1-7-4-5-8(6-9(7)12)10(2,3)11/h4,8H,5-6H2,1-3H3/t8-/m1/s1. The highest BCUT2D eigenvalue weighted by Crippen LogP contribution is 2.35. The molecule has 1 aliphatic carbocycles. The number of ketones is 1. The maximum atomic E-state index is 11.4. The zero-order valence-corrected chi connectivity index (χ0v) is 9.44. The summed E-state index contributed by atoms with van der Waals surface area (Å²) in [5.74, 6) is 0.757. The summed E-state index contributed by atoms with van der Waals surface area (Å²) in [6, 6.07) is 0. The first kappa shape index (κ1) is 9.97. The summed E-state index contributed by atoms with van der Waals surface area (Å²) in [5.41, 5.74) is 0.933. The minimum atomic E-state index is 0.0832. The molecular weight excluding hydrogens is 216 g/mol. The summed E-state index contributed by atoms with van der Waals surface area (Å²) >= 11 is 3.61. The number of carbonyl (C=O) groups is 1. The number of halogens is 1. The van der Waals surface area contributed by atoms with Crippen molar-refractivity contribution in [2.75, 3.05) is 0 Å². The third-order valence-corrected chi connectivity index (χ3v) is 3.20. The van der Waals surface area contributed by atoms with Crippen LogP contribution in [0.4, 0.5) is 0 Å². The number of alkyl halides is 1. The van der Waals surface area contributed by atoms with Gasteiger partial charge in [0.1, 0.15) is 0 Å². The Labute approximate surface area is 82.4 Å². The molecule has 0 saturated carbocycles. The SMILES string of the molecule is CC1=CC[C@@H](C(C)(C)Br)CC1=O. The highest BCUT2D eigenvalue weighted by atomic mass is 79.9. The van der Waals surface area contributed by atoms with Gasteiger partial charge in [0, 0.05) is 10.7 Å². The summed E-state index contributed by atoms with van der Waals surface area (Å²) < 4.78 is 0.0832. The fraction of sp³-hybridized carbons (Fsp3) is 0.700. The maximum absolute atomic E-state index is 11.4. The minimum absolute atomic E-state index is 0.0832. The molecule has 0 bridgehead atoms. The molecule has 2 heteroatoms. The van der Waals surface area contributed by atoms with E-state index in [1.165, 1.54) is 0 Å². The van der Waals surface area contributed by atoms with Gasteiger partial charge in [0.2, 0.25) is 0 Å². The van der Waals surface area contributed by atoms with E-state index in [1.807, 2.05) is 6.92 Å². The highest BCUT2D eigenvalue weighted by Gasteiger charge is 2.30. The molecule has 12 heavy (non-hydrogen) atoms. The second kappa shape index (κ2) is 3.33. The van der Waals surface area contributed by atoms with Crippen molar-refractivity contribution in [1.29, 1.82) is 0 Å². The van der Waals surface area contributed by atoms with Crippen molar-refractivity contribution >= 4 is 21.7 Å². The van der Waals surface area contributed by atoms with Crippen LogP contribution in [0, 0.1) is 5.92 Å². The van der Waals surface area contributed by atoms with Gasteiger partial charge in [-0.2, -0.15) is 0 Å². The summed E-state index contributed by atoms with van der Waals surface area (Å²) in [7, 11) is 0. The lowest BCUT2D eigenvalue weighted by atomic mass is 9.82. The summed E-state index contributed by atoms with van der Waals surface area (Å²) in [6.07, 6.45) is 3.77. The molecular formula is C10H15BrO. The average Bonchev–Trinajstić information content (AvgIpc) is 1.92. The van der Waals surface area contributed by atoms with Gasteiger partial charge in [0.05, 0.1) is 0 Å². The Balaban J connectivity index is 2.72. The number of Topliss-reactive ketones (excluding diaryl/α,β-unsaturated/α-hetero) is 1. The second-order valence-electron chi connectivity index (χ2n) is 4.01. The van der Waals surface area contributed by atoms with Crippen LogP contribution < -0.4 is 0 Å². The van der Waals surface area contributed by atoms with E-state index < -0.39 is 0 Å². The average molecular weight is 231 g/mol. The number of allylic oxidation sites excluding steroid dienone is 2. The molecule has 0 fully saturated rings. The lowest BCUT2D eigenvalue weighted by molar-refractivity contribution is -0.117. The zero-order chi connectivity index (χ0) is 9.35. The van der Waals surface area contributed by atoms with Crippen LogP contribution in [0.2, 0.25) is 0 Å². The first-order valence-corrected chi connectivity index (χ1v) is 5.09. The molecule has 1 atom stereocenters. The third kappa shape index (κ3) is 2.19. The minimum Gasteiger partial charge on any atom is -0.295 e. The highest BCUT2D eigenvalue weighted by molar-refractivity contribution is 9.10. The summed E-state index contributed by atoms with van der Waals surface area (Å²) in [4.78, 5) is 11.4. The van der Waals surface area contributed by atoms with Gasteiger partial charge >= 0.3 is 0 Å². The van der Waals surface area contributed by atoms with Gasteiger partial charge < -0.3 is 0 Å². The molecule has 1 aliphatic rings. The molecule has 0 radical (unpaired) electrons. The van der Waals surface area contributed by atoms with E-state index in [4.69, 9.17) is 0 Å². The van der Waals surface area contributed by atoms with Crippen LogP contribution in [0.15, 0.2) is 11.6 Å². The van der Waals surface area contributed by atoms with Gasteiger partial charge in [0.25, 0.3) is 0 Å². The lowest BCUT2D eigenvalue weighted by Gasteiger charge is -2.30. The predicted molar refractivity (Wildman–Crippen MR) is 54.5 cm³/mol. The van der Waals surface area contributed by atoms with Crippen LogP contribution >= 0.6 is 15.9 Å². The lowest BCUT2D eigenvalue weighted by Crippen LogP contribution is -2.28. The molecule has 1 nitrogen and oxygen atoms in total. The van der Waals surface area contributed by atoms with Crippen LogP contribution in [0.5, 0.6) is 0 Å². The monoisotopic (exact) mass is 230 g/mol. The van der Waals surface area contributed by atoms with Crippen LogP contribution in [0.1, 0.15) is 33.6 Å². The Bertz CT molecular complexity index is 222. The molecule has 0 amide bonds. The first-order valence-electron chi connectivity index (χ1n) is 4.30. The van der Waals surface area contributed by atoms with E-state index >= 15 is 0 Å². The molecule has 1 rings (SSSR count). The number of rotatable bonds is 1. The molecule has 0 spiro atoms. The van der Waals surface area contributed by atoms with Crippen LogP contribution in [0.25, 0.3) is 0 Å². The van der Waals surface area contributed by atoms with Gasteiger partial charge in [-0.1, -0.05) is 22.0 Å². The molecule has 68 valence electrons. The fourth-order valence-corrected chi connectivity index (χ4v) is 1.77. The van der Waals surface area contributed by atoms with Crippen molar-refractivity contribution in [3.05, 3.63) is 11.6 Å². The van der Waals surface area contributed by atoms with E-state index in [0.29, 0.717) is 18.1 Å². The van der Waals surface area contributed by atoms with Gasteiger partial charge in [0.15, 0.2) is 5.78 Å². The Kier molecular flexibility index (Phi) is 2.77. The molecule has 0 N–H and O–H groups in total. The number of hydrogen-bond acceptors (Lipinski definition) is 1. The van der Waals surface area contributed by atoms with E-state index in [1.54, 1.807) is 0 Å². The smallest absolute Gasteiger partial charge is 0.158 e. The molecule has 0 aromatic heterocycles. The fourth-order valence-electron chi connectivity index (χ4n) is 1.42. The molecule has 0 aromatic rings. The van der Waals surface area contributed by atoms with Crippen molar-refractivity contribution < 1.29 is 4.79 Å². The molecule has 0 saturated heterocycles.